The number of carboxylic acids is 1. The highest BCUT2D eigenvalue weighted by Crippen LogP contribution is 2.19. The summed E-state index contributed by atoms with van der Waals surface area (Å²) in [6.07, 6.45) is 57.5. The molecule has 0 saturated carbocycles. The number of hydrogen-bond acceptors (Lipinski definition) is 6. The standard InChI is InChI=1S/C54H98N2O7/c1-3-5-7-9-11-13-15-17-18-19-20-21-22-23-24-25-26-27-29-31-33-38-42-46-53(60)63-49(43-39-35-32-30-28-16-14-12-10-8-6-4-2)44-40-36-34-37-41-45-51(58)55-47-52(59)56-50(48-57)54(61)62/h15,17,19-20,22-23,49-50,57H,3-14,16,18,21,24-48H2,1-2H3,(H,55,58)(H,56,59)(H,61,62)/b17-15-,20-19-,23-22-. The van der Waals surface area contributed by atoms with E-state index in [1.807, 2.05) is 0 Å². The van der Waals surface area contributed by atoms with Crippen molar-refractivity contribution in [1.29, 1.82) is 0 Å². The van der Waals surface area contributed by atoms with Gasteiger partial charge in [0.25, 0.3) is 0 Å². The molecule has 366 valence electrons. The molecule has 2 amide bonds. The van der Waals surface area contributed by atoms with Gasteiger partial charge in [-0.25, -0.2) is 4.79 Å². The number of ether oxygens (including phenoxy) is 1. The fourth-order valence-corrected chi connectivity index (χ4v) is 7.84. The fraction of sp³-hybridized carbons (Fsp3) is 0.815. The quantitative estimate of drug-likeness (QED) is 0.0271. The second-order valence-corrected chi connectivity index (χ2v) is 18.0. The van der Waals surface area contributed by atoms with Crippen LogP contribution in [0.15, 0.2) is 36.5 Å². The molecule has 0 heterocycles. The molecule has 0 aliphatic heterocycles. The molecule has 4 N–H and O–H groups in total. The van der Waals surface area contributed by atoms with Gasteiger partial charge in [0.1, 0.15) is 12.1 Å². The van der Waals surface area contributed by atoms with Gasteiger partial charge in [-0.05, 0) is 77.0 Å². The lowest BCUT2D eigenvalue weighted by Gasteiger charge is -2.18. The fourth-order valence-electron chi connectivity index (χ4n) is 7.84. The third-order valence-electron chi connectivity index (χ3n) is 11.9. The number of rotatable bonds is 48. The number of esters is 1. The van der Waals surface area contributed by atoms with Crippen LogP contribution in [0.3, 0.4) is 0 Å². The lowest BCUT2D eigenvalue weighted by molar-refractivity contribution is -0.150. The van der Waals surface area contributed by atoms with E-state index in [-0.39, 0.29) is 24.5 Å². The van der Waals surface area contributed by atoms with E-state index in [1.165, 1.54) is 154 Å². The predicted molar refractivity (Wildman–Crippen MR) is 264 cm³/mol. The van der Waals surface area contributed by atoms with Crippen LogP contribution < -0.4 is 10.6 Å². The van der Waals surface area contributed by atoms with Gasteiger partial charge < -0.3 is 25.6 Å². The Morgan fingerprint density at radius 3 is 1.29 bits per heavy atom. The van der Waals surface area contributed by atoms with E-state index in [1.54, 1.807) is 0 Å². The lowest BCUT2D eigenvalue weighted by Crippen LogP contribution is -2.47. The molecule has 0 aliphatic carbocycles. The molecular formula is C54H98N2O7. The van der Waals surface area contributed by atoms with E-state index in [0.717, 1.165) is 70.6 Å². The molecule has 0 spiro atoms. The first kappa shape index (κ1) is 60.1. The predicted octanol–water partition coefficient (Wildman–Crippen LogP) is 14.1. The zero-order valence-electron chi connectivity index (χ0n) is 40.8. The van der Waals surface area contributed by atoms with Crippen molar-refractivity contribution in [1.82, 2.24) is 10.6 Å². The van der Waals surface area contributed by atoms with Crippen molar-refractivity contribution in [3.8, 4) is 0 Å². The highest BCUT2D eigenvalue weighted by Gasteiger charge is 2.19. The molecule has 0 radical (unpaired) electrons. The number of amides is 2. The van der Waals surface area contributed by atoms with Gasteiger partial charge in [-0.15, -0.1) is 0 Å². The van der Waals surface area contributed by atoms with E-state index in [0.29, 0.717) is 19.3 Å². The Labute approximate surface area is 386 Å². The van der Waals surface area contributed by atoms with Crippen LogP contribution in [0.5, 0.6) is 0 Å². The van der Waals surface area contributed by atoms with Crippen LogP contribution in [0, 0.1) is 0 Å². The average molecular weight is 887 g/mol. The average Bonchev–Trinajstić information content (AvgIpc) is 3.27. The number of carboxylic acid groups (broad SMARTS) is 1. The minimum absolute atomic E-state index is 0.0163. The van der Waals surface area contributed by atoms with Gasteiger partial charge in [-0.1, -0.05) is 204 Å². The van der Waals surface area contributed by atoms with Crippen LogP contribution in [0.1, 0.15) is 258 Å². The third-order valence-corrected chi connectivity index (χ3v) is 11.9. The van der Waals surface area contributed by atoms with Gasteiger partial charge in [0.15, 0.2) is 0 Å². The first-order valence-corrected chi connectivity index (χ1v) is 26.4. The zero-order chi connectivity index (χ0) is 46.1. The summed E-state index contributed by atoms with van der Waals surface area (Å²) in [5.74, 6) is -2.28. The molecular weight excluding hydrogens is 789 g/mol. The van der Waals surface area contributed by atoms with E-state index in [9.17, 15) is 19.2 Å². The second-order valence-electron chi connectivity index (χ2n) is 18.0. The number of hydrogen-bond donors (Lipinski definition) is 4. The second kappa shape index (κ2) is 48.5. The molecule has 0 aliphatic rings. The number of carbonyl (C=O) groups is 4. The number of allylic oxidation sites excluding steroid dienone is 6. The van der Waals surface area contributed by atoms with Crippen LogP contribution in [0.2, 0.25) is 0 Å². The minimum atomic E-state index is -1.38. The van der Waals surface area contributed by atoms with Crippen molar-refractivity contribution < 1.29 is 34.1 Å². The summed E-state index contributed by atoms with van der Waals surface area (Å²) in [5, 5.41) is 22.6. The lowest BCUT2D eigenvalue weighted by atomic mass is 10.0. The summed E-state index contributed by atoms with van der Waals surface area (Å²) in [6.45, 7) is 3.50. The van der Waals surface area contributed by atoms with Crippen molar-refractivity contribution in [2.75, 3.05) is 13.2 Å². The number of aliphatic hydroxyl groups is 1. The highest BCUT2D eigenvalue weighted by atomic mass is 16.5. The Balaban J connectivity index is 4.22. The smallest absolute Gasteiger partial charge is 0.328 e. The van der Waals surface area contributed by atoms with E-state index in [4.69, 9.17) is 14.9 Å². The topological polar surface area (TPSA) is 142 Å². The Morgan fingerprint density at radius 1 is 0.476 bits per heavy atom. The maximum absolute atomic E-state index is 12.9. The molecule has 9 nitrogen and oxygen atoms in total. The maximum Gasteiger partial charge on any atom is 0.328 e. The van der Waals surface area contributed by atoms with Crippen LogP contribution in [-0.2, 0) is 23.9 Å². The number of unbranched alkanes of at least 4 members (excludes halogenated alkanes) is 28. The first-order valence-electron chi connectivity index (χ1n) is 26.4. The normalized spacial score (nSPS) is 12.7. The number of carbonyl (C=O) groups excluding carboxylic acids is 3. The molecule has 0 saturated heterocycles. The van der Waals surface area contributed by atoms with E-state index < -0.39 is 24.5 Å². The molecule has 0 rings (SSSR count). The third kappa shape index (κ3) is 45.4. The van der Waals surface area contributed by atoms with Crippen molar-refractivity contribution in [3.63, 3.8) is 0 Å². The molecule has 2 unspecified atom stereocenters. The van der Waals surface area contributed by atoms with Gasteiger partial charge in [0, 0.05) is 12.8 Å². The summed E-state index contributed by atoms with van der Waals surface area (Å²) in [6, 6.07) is -1.38. The molecule has 0 aromatic rings. The van der Waals surface area contributed by atoms with Crippen molar-refractivity contribution in [3.05, 3.63) is 36.5 Å². The molecule has 0 bridgehead atoms. The van der Waals surface area contributed by atoms with Gasteiger partial charge in [-0.3, -0.25) is 14.4 Å². The highest BCUT2D eigenvalue weighted by molar-refractivity contribution is 5.87. The molecule has 9 heteroatoms. The van der Waals surface area contributed by atoms with Crippen LogP contribution >= 0.6 is 0 Å². The van der Waals surface area contributed by atoms with E-state index >= 15 is 0 Å². The summed E-state index contributed by atoms with van der Waals surface area (Å²) in [5.41, 5.74) is 0. The number of aliphatic carboxylic acids is 1. The van der Waals surface area contributed by atoms with Crippen molar-refractivity contribution >= 4 is 23.8 Å². The number of aliphatic hydroxyl groups excluding tert-OH is 1. The van der Waals surface area contributed by atoms with Crippen LogP contribution in [0.4, 0.5) is 0 Å². The van der Waals surface area contributed by atoms with Crippen molar-refractivity contribution in [2.24, 2.45) is 0 Å². The Morgan fingerprint density at radius 2 is 0.857 bits per heavy atom. The minimum Gasteiger partial charge on any atom is -0.480 e. The van der Waals surface area contributed by atoms with E-state index in [2.05, 4.69) is 60.9 Å². The largest absolute Gasteiger partial charge is 0.480 e. The monoisotopic (exact) mass is 887 g/mol. The molecule has 2 atom stereocenters. The maximum atomic E-state index is 12.9. The Bertz CT molecular complexity index is 1150. The van der Waals surface area contributed by atoms with Crippen molar-refractivity contribution in [2.45, 2.75) is 270 Å². The summed E-state index contributed by atoms with van der Waals surface area (Å²) >= 11 is 0. The van der Waals surface area contributed by atoms with Gasteiger partial charge in [0.05, 0.1) is 13.2 Å². The summed E-state index contributed by atoms with van der Waals surface area (Å²) in [7, 11) is 0. The summed E-state index contributed by atoms with van der Waals surface area (Å²) in [4.78, 5) is 47.8. The Hall–Kier alpha value is -2.94. The number of nitrogens with one attached hydrogen (secondary N) is 2. The van der Waals surface area contributed by atoms with Crippen LogP contribution in [0.25, 0.3) is 0 Å². The molecule has 0 aromatic heterocycles. The van der Waals surface area contributed by atoms with Crippen LogP contribution in [-0.4, -0.2) is 59.3 Å². The van der Waals surface area contributed by atoms with Gasteiger partial charge in [0.2, 0.25) is 11.8 Å². The summed E-state index contributed by atoms with van der Waals surface area (Å²) < 4.78 is 6.07. The SMILES string of the molecule is CCCCCCC/C=C\C/C=C\C/C=C\CCCCCCCCCCC(=O)OC(CCCCCCCCCCCCCC)CCCCCCCC(=O)NCC(=O)NC(CO)C(=O)O. The molecule has 0 aromatic carbocycles. The first-order chi connectivity index (χ1) is 30.8. The molecule has 0 fully saturated rings. The zero-order valence-corrected chi connectivity index (χ0v) is 40.8. The van der Waals surface area contributed by atoms with Gasteiger partial charge >= 0.3 is 11.9 Å². The Kier molecular flexibility index (Phi) is 46.3. The van der Waals surface area contributed by atoms with Gasteiger partial charge in [-0.2, -0.15) is 0 Å². The molecule has 63 heavy (non-hydrogen) atoms.